The summed E-state index contributed by atoms with van der Waals surface area (Å²) in [5.41, 5.74) is 4.57. The fourth-order valence-corrected chi connectivity index (χ4v) is 2.82. The molecule has 0 spiro atoms. The van der Waals surface area contributed by atoms with E-state index in [1.165, 1.54) is 0 Å². The Morgan fingerprint density at radius 2 is 1.81 bits per heavy atom. The molecule has 4 rings (SSSR count). The predicted molar refractivity (Wildman–Crippen MR) is 105 cm³/mol. The molecule has 0 aliphatic carbocycles. The maximum atomic E-state index is 12.6. The van der Waals surface area contributed by atoms with Gasteiger partial charge in [-0.1, -0.05) is 18.2 Å². The van der Waals surface area contributed by atoms with E-state index in [4.69, 9.17) is 9.15 Å². The summed E-state index contributed by atoms with van der Waals surface area (Å²) in [5.74, 6) is 1.05. The van der Waals surface area contributed by atoms with Crippen molar-refractivity contribution in [2.24, 2.45) is 0 Å². The van der Waals surface area contributed by atoms with Gasteiger partial charge in [-0.15, -0.1) is 0 Å². The second-order valence-electron chi connectivity index (χ2n) is 6.20. The minimum Gasteiger partial charge on any atom is -0.497 e. The second-order valence-corrected chi connectivity index (χ2v) is 6.20. The van der Waals surface area contributed by atoms with Crippen LogP contribution >= 0.6 is 0 Å². The van der Waals surface area contributed by atoms with Gasteiger partial charge in [-0.3, -0.25) is 4.79 Å². The van der Waals surface area contributed by atoms with Gasteiger partial charge in [-0.05, 0) is 61.0 Å². The van der Waals surface area contributed by atoms with Gasteiger partial charge in [0.05, 0.1) is 7.11 Å². The number of aromatic nitrogens is 1. The standard InChI is InChI=1S/C22H18N2O3/c1-14-7-8-16(22-24-18-5-3-4-6-20(18)27-22)13-19(14)23-21(25)15-9-11-17(26-2)12-10-15/h3-13H,1-2H3,(H,23,25). The summed E-state index contributed by atoms with van der Waals surface area (Å²) in [4.78, 5) is 17.1. The third kappa shape index (κ3) is 3.40. The minimum absolute atomic E-state index is 0.185. The van der Waals surface area contributed by atoms with Crippen LogP contribution in [0.3, 0.4) is 0 Å². The number of hydrogen-bond donors (Lipinski definition) is 1. The molecule has 134 valence electrons. The summed E-state index contributed by atoms with van der Waals surface area (Å²) < 4.78 is 11.0. The van der Waals surface area contributed by atoms with E-state index in [1.807, 2.05) is 49.4 Å². The molecule has 0 aliphatic rings. The molecular formula is C22H18N2O3. The van der Waals surface area contributed by atoms with Crippen LogP contribution in [0.2, 0.25) is 0 Å². The van der Waals surface area contributed by atoms with Crippen LogP contribution in [0.1, 0.15) is 15.9 Å². The number of ether oxygens (including phenoxy) is 1. The molecule has 1 amide bonds. The topological polar surface area (TPSA) is 64.4 Å². The van der Waals surface area contributed by atoms with Crippen LogP contribution in [-0.4, -0.2) is 18.0 Å². The largest absolute Gasteiger partial charge is 0.497 e. The van der Waals surface area contributed by atoms with Crippen molar-refractivity contribution in [3.63, 3.8) is 0 Å². The number of para-hydroxylation sites is 2. The molecule has 0 bridgehead atoms. The number of amides is 1. The van der Waals surface area contributed by atoms with E-state index in [0.29, 0.717) is 17.2 Å². The first kappa shape index (κ1) is 16.8. The summed E-state index contributed by atoms with van der Waals surface area (Å²) in [6.07, 6.45) is 0. The summed E-state index contributed by atoms with van der Waals surface area (Å²) >= 11 is 0. The summed E-state index contributed by atoms with van der Waals surface area (Å²) in [6.45, 7) is 1.94. The molecule has 0 aliphatic heterocycles. The molecule has 1 heterocycles. The number of carbonyl (C=O) groups is 1. The predicted octanol–water partition coefficient (Wildman–Crippen LogP) is 5.06. The molecule has 3 aromatic carbocycles. The molecule has 0 fully saturated rings. The number of anilines is 1. The summed E-state index contributed by atoms with van der Waals surface area (Å²) in [7, 11) is 1.59. The van der Waals surface area contributed by atoms with E-state index < -0.39 is 0 Å². The van der Waals surface area contributed by atoms with Gasteiger partial charge >= 0.3 is 0 Å². The van der Waals surface area contributed by atoms with Crippen LogP contribution < -0.4 is 10.1 Å². The highest BCUT2D eigenvalue weighted by Gasteiger charge is 2.12. The van der Waals surface area contributed by atoms with Crippen molar-refractivity contribution in [2.45, 2.75) is 6.92 Å². The Morgan fingerprint density at radius 1 is 1.04 bits per heavy atom. The zero-order valence-electron chi connectivity index (χ0n) is 15.0. The molecule has 27 heavy (non-hydrogen) atoms. The Morgan fingerprint density at radius 3 is 2.56 bits per heavy atom. The Bertz CT molecular complexity index is 1080. The van der Waals surface area contributed by atoms with Crippen LogP contribution in [0, 0.1) is 6.92 Å². The van der Waals surface area contributed by atoms with Crippen LogP contribution in [-0.2, 0) is 0 Å². The molecule has 1 N–H and O–H groups in total. The Kier molecular flexibility index (Phi) is 4.34. The van der Waals surface area contributed by atoms with Crippen LogP contribution in [0.5, 0.6) is 5.75 Å². The van der Waals surface area contributed by atoms with Crippen LogP contribution in [0.15, 0.2) is 71.1 Å². The average Bonchev–Trinajstić information content (AvgIpc) is 3.14. The number of fused-ring (bicyclic) bond motifs is 1. The highest BCUT2D eigenvalue weighted by Crippen LogP contribution is 2.28. The number of methoxy groups -OCH3 is 1. The Hall–Kier alpha value is -3.60. The minimum atomic E-state index is -0.185. The second kappa shape index (κ2) is 6.96. The van der Waals surface area contributed by atoms with Gasteiger partial charge in [0.15, 0.2) is 5.58 Å². The molecule has 0 saturated carbocycles. The number of oxazole rings is 1. The van der Waals surface area contributed by atoms with Gasteiger partial charge in [0, 0.05) is 16.8 Å². The third-order valence-electron chi connectivity index (χ3n) is 4.38. The first-order valence-corrected chi connectivity index (χ1v) is 8.56. The lowest BCUT2D eigenvalue weighted by Crippen LogP contribution is -2.12. The first-order valence-electron chi connectivity index (χ1n) is 8.56. The van der Waals surface area contributed by atoms with Gasteiger partial charge in [0.25, 0.3) is 5.91 Å². The number of nitrogens with zero attached hydrogens (tertiary/aromatic N) is 1. The number of carbonyl (C=O) groups excluding carboxylic acids is 1. The van der Waals surface area contributed by atoms with Crippen molar-refractivity contribution in [1.82, 2.24) is 4.98 Å². The van der Waals surface area contributed by atoms with Crippen molar-refractivity contribution in [2.75, 3.05) is 12.4 Å². The number of hydrogen-bond acceptors (Lipinski definition) is 4. The molecular weight excluding hydrogens is 340 g/mol. The van der Waals surface area contributed by atoms with Gasteiger partial charge in [-0.25, -0.2) is 4.98 Å². The monoisotopic (exact) mass is 358 g/mol. The van der Waals surface area contributed by atoms with Gasteiger partial charge < -0.3 is 14.5 Å². The molecule has 0 radical (unpaired) electrons. The summed E-state index contributed by atoms with van der Waals surface area (Å²) in [6, 6.07) is 20.3. The van der Waals surface area contributed by atoms with Gasteiger partial charge in [-0.2, -0.15) is 0 Å². The van der Waals surface area contributed by atoms with Crippen LogP contribution in [0.25, 0.3) is 22.6 Å². The maximum Gasteiger partial charge on any atom is 0.255 e. The van der Waals surface area contributed by atoms with Crippen molar-refractivity contribution >= 4 is 22.7 Å². The highest BCUT2D eigenvalue weighted by molar-refractivity contribution is 6.05. The van der Waals surface area contributed by atoms with E-state index >= 15 is 0 Å². The lowest BCUT2D eigenvalue weighted by atomic mass is 10.1. The molecule has 0 saturated heterocycles. The van der Waals surface area contributed by atoms with Crippen LogP contribution in [0.4, 0.5) is 5.69 Å². The molecule has 4 aromatic rings. The number of aryl methyl sites for hydroxylation is 1. The van der Waals surface area contributed by atoms with Crippen molar-refractivity contribution in [3.05, 3.63) is 77.9 Å². The maximum absolute atomic E-state index is 12.6. The van der Waals surface area contributed by atoms with Gasteiger partial charge in [0.1, 0.15) is 11.3 Å². The lowest BCUT2D eigenvalue weighted by Gasteiger charge is -2.10. The quantitative estimate of drug-likeness (QED) is 0.553. The number of benzene rings is 3. The fraction of sp³-hybridized carbons (Fsp3) is 0.0909. The first-order chi connectivity index (χ1) is 13.1. The highest BCUT2D eigenvalue weighted by atomic mass is 16.5. The summed E-state index contributed by atoms with van der Waals surface area (Å²) in [5, 5.41) is 2.96. The molecule has 5 nitrogen and oxygen atoms in total. The SMILES string of the molecule is COc1ccc(C(=O)Nc2cc(-c3nc4ccccc4o3)ccc2C)cc1. The van der Waals surface area contributed by atoms with E-state index in [9.17, 15) is 4.79 Å². The smallest absolute Gasteiger partial charge is 0.255 e. The molecule has 0 unspecified atom stereocenters. The van der Waals surface area contributed by atoms with E-state index in [2.05, 4.69) is 10.3 Å². The third-order valence-corrected chi connectivity index (χ3v) is 4.38. The lowest BCUT2D eigenvalue weighted by molar-refractivity contribution is 0.102. The number of rotatable bonds is 4. The normalized spacial score (nSPS) is 10.7. The molecule has 5 heteroatoms. The fourth-order valence-electron chi connectivity index (χ4n) is 2.82. The zero-order valence-corrected chi connectivity index (χ0v) is 15.0. The van der Waals surface area contributed by atoms with E-state index in [1.54, 1.807) is 31.4 Å². The Labute approximate surface area is 156 Å². The Balaban J connectivity index is 1.62. The van der Waals surface area contributed by atoms with Crippen molar-refractivity contribution in [3.8, 4) is 17.2 Å². The van der Waals surface area contributed by atoms with Crippen molar-refractivity contribution < 1.29 is 13.9 Å². The van der Waals surface area contributed by atoms with Gasteiger partial charge in [0.2, 0.25) is 5.89 Å². The molecule has 0 atom stereocenters. The van der Waals surface area contributed by atoms with E-state index in [-0.39, 0.29) is 5.91 Å². The average molecular weight is 358 g/mol. The zero-order chi connectivity index (χ0) is 18.8. The number of nitrogens with one attached hydrogen (secondary N) is 1. The molecule has 1 aromatic heterocycles. The van der Waals surface area contributed by atoms with E-state index in [0.717, 1.165) is 27.9 Å². The van der Waals surface area contributed by atoms with Crippen molar-refractivity contribution in [1.29, 1.82) is 0 Å².